The van der Waals surface area contributed by atoms with Crippen molar-refractivity contribution in [2.75, 3.05) is 0 Å². The van der Waals surface area contributed by atoms with Gasteiger partial charge >= 0.3 is 32.3 Å². The van der Waals surface area contributed by atoms with Gasteiger partial charge in [-0.25, -0.2) is 0 Å². The van der Waals surface area contributed by atoms with E-state index < -0.39 is 27.8 Å². The molecule has 0 aliphatic rings. The Morgan fingerprint density at radius 2 is 0.697 bits per heavy atom. The van der Waals surface area contributed by atoms with Crippen LogP contribution in [0, 0.1) is 39.7 Å². The Morgan fingerprint density at radius 3 is 0.788 bits per heavy atom. The monoisotopic (exact) mass is 828 g/mol. The van der Waals surface area contributed by atoms with E-state index in [1.165, 1.54) is 0 Å². The summed E-state index contributed by atoms with van der Waals surface area (Å²) in [5.74, 6) is 0.790. The van der Waals surface area contributed by atoms with Gasteiger partial charge in [-0.2, -0.15) is 0 Å². The first-order chi connectivity index (χ1) is 14.3. The Kier molecular flexibility index (Phi) is 33.9. The predicted octanol–water partition coefficient (Wildman–Crippen LogP) is 7.05. The molecule has 0 bridgehead atoms. The summed E-state index contributed by atoms with van der Waals surface area (Å²) in [6, 6.07) is 1.44. The van der Waals surface area contributed by atoms with Gasteiger partial charge in [-0.1, -0.05) is 55.4 Å². The third kappa shape index (κ3) is 18.5. The summed E-state index contributed by atoms with van der Waals surface area (Å²) in [5.41, 5.74) is 0. The van der Waals surface area contributed by atoms with Crippen LogP contribution in [0.2, 0.25) is 0 Å². The molecule has 0 saturated heterocycles. The van der Waals surface area contributed by atoms with Gasteiger partial charge in [0.15, 0.2) is 0 Å². The summed E-state index contributed by atoms with van der Waals surface area (Å²) in [5, 5.41) is 0. The summed E-state index contributed by atoms with van der Waals surface area (Å²) in [4.78, 5) is 28.0. The molecule has 0 aliphatic heterocycles. The summed E-state index contributed by atoms with van der Waals surface area (Å²) in [7, 11) is 0. The molecule has 0 saturated carbocycles. The molecule has 33 heavy (non-hydrogen) atoms. The molecule has 0 aromatic heterocycles. The van der Waals surface area contributed by atoms with Crippen LogP contribution in [0.5, 0.6) is 0 Å². The van der Waals surface area contributed by atoms with E-state index in [4.69, 9.17) is 4.47 Å². The summed E-state index contributed by atoms with van der Waals surface area (Å²) in [6.45, 7) is 24.9. The molecule has 0 aliphatic carbocycles. The quantitative estimate of drug-likeness (QED) is 0.237. The molecule has 9 heteroatoms. The molecule has 0 aromatic rings. The van der Waals surface area contributed by atoms with Gasteiger partial charge in [-0.15, -0.1) is 34.0 Å². The molecule has 4 atom stereocenters. The van der Waals surface area contributed by atoms with Crippen molar-refractivity contribution in [3.8, 4) is 0 Å². The first-order valence-corrected chi connectivity index (χ1v) is 15.4. The number of carbonyl (C=O) groups excluding carboxylic acids is 2. The zero-order chi connectivity index (χ0) is 25.3. The van der Waals surface area contributed by atoms with Crippen molar-refractivity contribution < 1.29 is 41.9 Å². The van der Waals surface area contributed by atoms with E-state index in [-0.39, 0.29) is 57.6 Å². The summed E-state index contributed by atoms with van der Waals surface area (Å²) < 4.78 is 17.2. The first-order valence-electron chi connectivity index (χ1n) is 12.0. The number of amides is 2. The minimum absolute atomic E-state index is 0. The second kappa shape index (κ2) is 25.6. The Morgan fingerprint density at radius 1 is 0.545 bits per heavy atom. The van der Waals surface area contributed by atoms with Crippen LogP contribution in [-0.2, 0) is 14.1 Å². The summed E-state index contributed by atoms with van der Waals surface area (Å²) >= 11 is -2.51. The molecule has 0 heterocycles. The van der Waals surface area contributed by atoms with Crippen molar-refractivity contribution in [1.29, 1.82) is 0 Å². The van der Waals surface area contributed by atoms with Gasteiger partial charge in [0.1, 0.15) is 0 Å². The number of hydrogen-bond donors (Lipinski definition) is 0. The number of nitrogens with zero attached hydrogens (tertiary/aromatic N) is 2. The maximum atomic E-state index is 12.0. The van der Waals surface area contributed by atoms with Gasteiger partial charge in [0.2, 0.25) is 11.8 Å². The van der Waals surface area contributed by atoms with Crippen LogP contribution in [0.1, 0.15) is 109 Å². The van der Waals surface area contributed by atoms with Crippen LogP contribution in [-0.4, -0.2) is 45.8 Å². The number of halogens is 2. The molecule has 200 valence electrons. The molecule has 2 amide bonds. The van der Waals surface area contributed by atoms with Crippen molar-refractivity contribution in [3.05, 3.63) is 0 Å². The normalized spacial score (nSPS) is 13.3. The molecule has 6 nitrogen and oxygen atoms in total. The van der Waals surface area contributed by atoms with Gasteiger partial charge in [-0.3, -0.25) is 9.59 Å². The predicted molar refractivity (Wildman–Crippen MR) is 144 cm³/mol. The Labute approximate surface area is 240 Å². The Bertz CT molecular complexity index is 471. The van der Waals surface area contributed by atoms with Gasteiger partial charge in [0.25, 0.3) is 0 Å². The van der Waals surface area contributed by atoms with Gasteiger partial charge in [0.05, 0.1) is 0 Å². The molecule has 0 aromatic carbocycles. The third-order valence-corrected chi connectivity index (χ3v) is 5.76. The van der Waals surface area contributed by atoms with E-state index in [1.807, 2.05) is 37.5 Å². The molecule has 0 rings (SSSR count). The molecule has 0 fully saturated rings. The van der Waals surface area contributed by atoms with Crippen molar-refractivity contribution in [3.63, 3.8) is 0 Å². The van der Waals surface area contributed by atoms with E-state index in [0.29, 0.717) is 24.2 Å². The van der Waals surface area contributed by atoms with Crippen LogP contribution in [0.25, 0.3) is 0 Å². The van der Waals surface area contributed by atoms with E-state index >= 15 is 0 Å². The van der Waals surface area contributed by atoms with Crippen LogP contribution >= 0.6 is 34.0 Å². The molecule has 0 N–H and O–H groups in total. The maximum absolute atomic E-state index is 12.0. The summed E-state index contributed by atoms with van der Waals surface area (Å²) in [6.07, 6.45) is 4.12. The molecular formula is C24H52Br2N2O4U. The van der Waals surface area contributed by atoms with Crippen molar-refractivity contribution in [1.82, 2.24) is 9.80 Å². The third-order valence-electron chi connectivity index (χ3n) is 5.76. The van der Waals surface area contributed by atoms with E-state index in [0.717, 1.165) is 25.7 Å². The zero-order valence-electron chi connectivity index (χ0n) is 23.1. The van der Waals surface area contributed by atoms with Crippen LogP contribution < -0.4 is 0 Å². The van der Waals surface area contributed by atoms with E-state index in [2.05, 4.69) is 55.4 Å². The Hall–Kier alpha value is 0.552. The van der Waals surface area contributed by atoms with E-state index in [9.17, 15) is 9.59 Å². The zero-order valence-corrected chi connectivity index (χ0v) is 30.7. The molecule has 0 radical (unpaired) electrons. The Balaban J connectivity index is -0.000000134. The van der Waals surface area contributed by atoms with Gasteiger partial charge in [-0.05, 0) is 53.4 Å². The van der Waals surface area contributed by atoms with Gasteiger partial charge < -0.3 is 9.80 Å². The van der Waals surface area contributed by atoms with Crippen LogP contribution in [0.15, 0.2) is 0 Å². The first kappa shape index (κ1) is 43.6. The molecule has 0 spiro atoms. The molecule has 4 unspecified atom stereocenters. The van der Waals surface area contributed by atoms with Crippen LogP contribution in [0.3, 0.4) is 0 Å². The number of hydrogen-bond acceptors (Lipinski definition) is 4. The van der Waals surface area contributed by atoms with Crippen molar-refractivity contribution in [2.45, 2.75) is 133 Å². The fourth-order valence-corrected chi connectivity index (χ4v) is 3.12. The number of rotatable bonds is 10. The van der Waals surface area contributed by atoms with Gasteiger partial charge in [0, 0.05) is 36.0 Å². The molecular weight excluding hydrogens is 778 g/mol. The van der Waals surface area contributed by atoms with E-state index in [1.54, 1.807) is 0 Å². The standard InChI is InChI=1S/2C12H25NO.2BrH.2O.U/c2*1-7-10(5)13(11(6)8-2)12(14)9(3)4;;;;;/h2*9-11H,7-8H2,1-6H3;2*1H;;;. The SMILES string of the molecule is Br.Br.CCC(C)N(C(=O)C(C)C)C(C)CC.CCC(C)N(C(=O)C(C)C)C(C)CC.[O]=[U]=[O]. The number of carbonyl (C=O) groups is 2. The fourth-order valence-electron chi connectivity index (χ4n) is 3.12. The van der Waals surface area contributed by atoms with Crippen molar-refractivity contribution in [2.24, 2.45) is 11.8 Å². The second-order valence-electron chi connectivity index (χ2n) is 8.91. The second-order valence-corrected chi connectivity index (χ2v) is 9.61. The average Bonchev–Trinajstić information content (AvgIpc) is 2.73. The van der Waals surface area contributed by atoms with Crippen LogP contribution in [0.4, 0.5) is 0 Å². The average molecular weight is 831 g/mol. The fraction of sp³-hybridized carbons (Fsp3) is 0.917. The van der Waals surface area contributed by atoms with Crippen molar-refractivity contribution >= 4 is 45.8 Å². The topological polar surface area (TPSA) is 74.8 Å². The minimum atomic E-state index is -2.51.